The van der Waals surface area contributed by atoms with Gasteiger partial charge in [-0.25, -0.2) is 0 Å². The average molecular weight is 442 g/mol. The standard InChI is InChI=1S/C27H27N3O3/c1-18-6-3-4-8-22(18)19-9-11-20(12-10-19)26-23-15-29(27(32)21-7-5-13-28-14-21)16-25(31)30(23)24(26)17-33-2/h3-14,23-24,26H,15-17H2,1-2H3/t23-,24-,26-/m1/s1. The number of nitrogens with zero attached hydrogens (tertiary/aromatic N) is 3. The molecular weight excluding hydrogens is 414 g/mol. The number of rotatable bonds is 5. The average Bonchev–Trinajstić information content (AvgIpc) is 2.83. The van der Waals surface area contributed by atoms with E-state index in [1.54, 1.807) is 36.5 Å². The first-order valence-electron chi connectivity index (χ1n) is 11.2. The molecule has 5 rings (SSSR count). The lowest BCUT2D eigenvalue weighted by atomic mass is 9.73. The number of fused-ring (bicyclic) bond motifs is 1. The predicted octanol–water partition coefficient (Wildman–Crippen LogP) is 3.52. The molecule has 33 heavy (non-hydrogen) atoms. The first-order chi connectivity index (χ1) is 16.1. The van der Waals surface area contributed by atoms with Gasteiger partial charge in [0.25, 0.3) is 5.91 Å². The molecule has 2 aliphatic rings. The third-order valence-corrected chi connectivity index (χ3v) is 6.85. The third-order valence-electron chi connectivity index (χ3n) is 6.85. The van der Waals surface area contributed by atoms with E-state index in [0.29, 0.717) is 18.7 Å². The van der Waals surface area contributed by atoms with Gasteiger partial charge >= 0.3 is 0 Å². The molecule has 2 saturated heterocycles. The molecule has 2 amide bonds. The molecular formula is C27H27N3O3. The van der Waals surface area contributed by atoms with Crippen molar-refractivity contribution in [3.05, 3.63) is 89.7 Å². The number of piperazine rings is 1. The fraction of sp³-hybridized carbons (Fsp3) is 0.296. The summed E-state index contributed by atoms with van der Waals surface area (Å²) in [5.74, 6) is -0.0671. The summed E-state index contributed by atoms with van der Waals surface area (Å²) in [7, 11) is 1.67. The zero-order valence-electron chi connectivity index (χ0n) is 18.8. The highest BCUT2D eigenvalue weighted by Gasteiger charge is 2.54. The number of hydrogen-bond acceptors (Lipinski definition) is 4. The number of aromatic nitrogens is 1. The minimum absolute atomic E-state index is 0.0209. The van der Waals surface area contributed by atoms with E-state index in [1.165, 1.54) is 22.3 Å². The number of pyridine rings is 1. The Morgan fingerprint density at radius 1 is 1.09 bits per heavy atom. The van der Waals surface area contributed by atoms with E-state index >= 15 is 0 Å². The molecule has 0 saturated carbocycles. The van der Waals surface area contributed by atoms with Gasteiger partial charge in [-0.05, 0) is 41.3 Å². The molecule has 6 heteroatoms. The van der Waals surface area contributed by atoms with Crippen LogP contribution in [0, 0.1) is 6.92 Å². The van der Waals surface area contributed by atoms with E-state index in [1.807, 2.05) is 11.0 Å². The van der Waals surface area contributed by atoms with Crippen LogP contribution < -0.4 is 0 Å². The topological polar surface area (TPSA) is 62.7 Å². The Bertz CT molecular complexity index is 1160. The number of carbonyl (C=O) groups excluding carboxylic acids is 2. The van der Waals surface area contributed by atoms with Crippen LogP contribution in [-0.4, -0.2) is 65.5 Å². The number of methoxy groups -OCH3 is 1. The number of hydrogen-bond donors (Lipinski definition) is 0. The summed E-state index contributed by atoms with van der Waals surface area (Å²) < 4.78 is 5.46. The molecule has 0 radical (unpaired) electrons. The zero-order chi connectivity index (χ0) is 22.9. The van der Waals surface area contributed by atoms with Crippen molar-refractivity contribution < 1.29 is 14.3 Å². The molecule has 0 unspecified atom stereocenters. The van der Waals surface area contributed by atoms with Gasteiger partial charge in [0.05, 0.1) is 24.3 Å². The van der Waals surface area contributed by atoms with Crippen molar-refractivity contribution in [1.82, 2.24) is 14.8 Å². The molecule has 0 spiro atoms. The van der Waals surface area contributed by atoms with Crippen molar-refractivity contribution in [3.63, 3.8) is 0 Å². The second-order valence-electron chi connectivity index (χ2n) is 8.78. The van der Waals surface area contributed by atoms with Gasteiger partial charge in [-0.1, -0.05) is 48.5 Å². The molecule has 3 atom stereocenters. The summed E-state index contributed by atoms with van der Waals surface area (Å²) >= 11 is 0. The number of carbonyl (C=O) groups is 2. The highest BCUT2D eigenvalue weighted by Crippen LogP contribution is 2.43. The molecule has 2 fully saturated rings. The second-order valence-corrected chi connectivity index (χ2v) is 8.78. The SMILES string of the molecule is COC[C@@H]1[C@H](c2ccc(-c3ccccc3C)cc2)[C@H]2CN(C(=O)c3cccnc3)CC(=O)N12. The second kappa shape index (κ2) is 8.79. The molecule has 0 bridgehead atoms. The molecule has 3 aromatic rings. The Labute approximate surface area is 193 Å². The fourth-order valence-electron chi connectivity index (χ4n) is 5.26. The number of aryl methyl sites for hydroxylation is 1. The Hall–Kier alpha value is -3.51. The molecule has 2 aromatic carbocycles. The normalized spacial score (nSPS) is 22.0. The maximum Gasteiger partial charge on any atom is 0.255 e. The number of amides is 2. The smallest absolute Gasteiger partial charge is 0.255 e. The first kappa shape index (κ1) is 21.3. The van der Waals surface area contributed by atoms with Gasteiger partial charge in [-0.2, -0.15) is 0 Å². The summed E-state index contributed by atoms with van der Waals surface area (Å²) in [6, 6.07) is 20.3. The highest BCUT2D eigenvalue weighted by atomic mass is 16.5. The van der Waals surface area contributed by atoms with Gasteiger partial charge < -0.3 is 14.5 Å². The molecule has 3 heterocycles. The van der Waals surface area contributed by atoms with Crippen molar-refractivity contribution in [3.8, 4) is 11.1 Å². The van der Waals surface area contributed by atoms with Gasteiger partial charge in [0, 0.05) is 32.0 Å². The molecule has 2 aliphatic heterocycles. The van der Waals surface area contributed by atoms with Crippen LogP contribution in [0.2, 0.25) is 0 Å². The van der Waals surface area contributed by atoms with Crippen molar-refractivity contribution in [2.45, 2.75) is 24.9 Å². The van der Waals surface area contributed by atoms with Gasteiger partial charge in [0.1, 0.15) is 6.54 Å². The van der Waals surface area contributed by atoms with Crippen molar-refractivity contribution in [1.29, 1.82) is 0 Å². The third kappa shape index (κ3) is 3.80. The van der Waals surface area contributed by atoms with Crippen LogP contribution in [0.15, 0.2) is 73.1 Å². The predicted molar refractivity (Wildman–Crippen MR) is 126 cm³/mol. The highest BCUT2D eigenvalue weighted by molar-refractivity contribution is 5.97. The lowest BCUT2D eigenvalue weighted by molar-refractivity contribution is -0.160. The summed E-state index contributed by atoms with van der Waals surface area (Å²) in [6.07, 6.45) is 3.19. The van der Waals surface area contributed by atoms with Crippen LogP contribution in [0.5, 0.6) is 0 Å². The van der Waals surface area contributed by atoms with Crippen LogP contribution >= 0.6 is 0 Å². The zero-order valence-corrected chi connectivity index (χ0v) is 18.8. The number of benzene rings is 2. The number of ether oxygens (including phenoxy) is 1. The maximum absolute atomic E-state index is 13.0. The van der Waals surface area contributed by atoms with E-state index < -0.39 is 0 Å². The Kier molecular flexibility index (Phi) is 5.68. The summed E-state index contributed by atoms with van der Waals surface area (Å²) in [5.41, 5.74) is 5.29. The van der Waals surface area contributed by atoms with E-state index in [0.717, 1.165) is 0 Å². The summed E-state index contributed by atoms with van der Waals surface area (Å²) in [5, 5.41) is 0. The fourth-order valence-corrected chi connectivity index (χ4v) is 5.26. The van der Waals surface area contributed by atoms with Gasteiger partial charge in [0.2, 0.25) is 5.91 Å². The van der Waals surface area contributed by atoms with Crippen molar-refractivity contribution >= 4 is 11.8 Å². The van der Waals surface area contributed by atoms with Crippen LogP contribution in [0.25, 0.3) is 11.1 Å². The minimum Gasteiger partial charge on any atom is -0.383 e. The van der Waals surface area contributed by atoms with Gasteiger partial charge in [0.15, 0.2) is 0 Å². The van der Waals surface area contributed by atoms with Crippen molar-refractivity contribution in [2.75, 3.05) is 26.8 Å². The Balaban J connectivity index is 1.41. The van der Waals surface area contributed by atoms with Gasteiger partial charge in [-0.15, -0.1) is 0 Å². The lowest BCUT2D eigenvalue weighted by Gasteiger charge is -2.59. The summed E-state index contributed by atoms with van der Waals surface area (Å²) in [4.78, 5) is 33.6. The van der Waals surface area contributed by atoms with E-state index in [-0.39, 0.29) is 36.4 Å². The molecule has 168 valence electrons. The maximum atomic E-state index is 13.0. The molecule has 1 aromatic heterocycles. The van der Waals surface area contributed by atoms with Gasteiger partial charge in [-0.3, -0.25) is 14.6 Å². The van der Waals surface area contributed by atoms with E-state index in [4.69, 9.17) is 4.74 Å². The largest absolute Gasteiger partial charge is 0.383 e. The van der Waals surface area contributed by atoms with Crippen LogP contribution in [0.1, 0.15) is 27.4 Å². The Morgan fingerprint density at radius 3 is 2.58 bits per heavy atom. The summed E-state index contributed by atoms with van der Waals surface area (Å²) in [6.45, 7) is 3.18. The van der Waals surface area contributed by atoms with Crippen LogP contribution in [-0.2, 0) is 9.53 Å². The monoisotopic (exact) mass is 441 g/mol. The molecule has 6 nitrogen and oxygen atoms in total. The van der Waals surface area contributed by atoms with E-state index in [9.17, 15) is 9.59 Å². The molecule has 0 aliphatic carbocycles. The minimum atomic E-state index is -0.153. The van der Waals surface area contributed by atoms with E-state index in [2.05, 4.69) is 54.4 Å². The molecule has 0 N–H and O–H groups in total. The first-order valence-corrected chi connectivity index (χ1v) is 11.2. The quantitative estimate of drug-likeness (QED) is 0.608. The van der Waals surface area contributed by atoms with Crippen molar-refractivity contribution in [2.24, 2.45) is 0 Å². The Morgan fingerprint density at radius 2 is 1.88 bits per heavy atom. The van der Waals surface area contributed by atoms with Crippen LogP contribution in [0.3, 0.4) is 0 Å². The lowest BCUT2D eigenvalue weighted by Crippen LogP contribution is -2.73. The van der Waals surface area contributed by atoms with Crippen LogP contribution in [0.4, 0.5) is 0 Å².